The minimum Gasteiger partial charge on any atom is -0.478 e. The predicted molar refractivity (Wildman–Crippen MR) is 96.4 cm³/mol. The minimum atomic E-state index is -1.03. The Balaban J connectivity index is 1.83. The van der Waals surface area contributed by atoms with E-state index in [2.05, 4.69) is 0 Å². The van der Waals surface area contributed by atoms with Gasteiger partial charge in [0.15, 0.2) is 5.11 Å². The summed E-state index contributed by atoms with van der Waals surface area (Å²) in [6.45, 7) is 0. The summed E-state index contributed by atoms with van der Waals surface area (Å²) in [6.07, 6.45) is 0.105. The Labute approximate surface area is 154 Å². The van der Waals surface area contributed by atoms with E-state index in [9.17, 15) is 14.4 Å². The first-order valence-corrected chi connectivity index (χ1v) is 8.22. The molecule has 0 aliphatic carbocycles. The van der Waals surface area contributed by atoms with Crippen molar-refractivity contribution in [2.75, 3.05) is 14.1 Å². The molecule has 8 heteroatoms. The fourth-order valence-corrected chi connectivity index (χ4v) is 2.99. The lowest BCUT2D eigenvalue weighted by Crippen LogP contribution is -2.57. The Morgan fingerprint density at radius 2 is 1.81 bits per heavy atom. The van der Waals surface area contributed by atoms with Gasteiger partial charge >= 0.3 is 5.97 Å². The lowest BCUT2D eigenvalue weighted by molar-refractivity contribution is -0.145. The van der Waals surface area contributed by atoms with Crippen molar-refractivity contribution in [1.82, 2.24) is 9.80 Å². The molecular formula is C18H16N2O5S. The largest absolute Gasteiger partial charge is 0.478 e. The highest BCUT2D eigenvalue weighted by Crippen LogP contribution is 2.26. The summed E-state index contributed by atoms with van der Waals surface area (Å²) >= 11 is 5.06. The number of aromatic carboxylic acids is 1. The molecule has 0 radical (unpaired) electrons. The van der Waals surface area contributed by atoms with Gasteiger partial charge in [-0.1, -0.05) is 12.1 Å². The van der Waals surface area contributed by atoms with Crippen molar-refractivity contribution < 1.29 is 23.9 Å². The van der Waals surface area contributed by atoms with Gasteiger partial charge in [0.2, 0.25) is 11.8 Å². The van der Waals surface area contributed by atoms with Crippen LogP contribution in [0.3, 0.4) is 0 Å². The van der Waals surface area contributed by atoms with Crippen LogP contribution in [0.2, 0.25) is 0 Å². The maximum atomic E-state index is 12.4. The van der Waals surface area contributed by atoms with E-state index in [1.807, 2.05) is 0 Å². The fraction of sp³-hybridized carbons (Fsp3) is 0.222. The van der Waals surface area contributed by atoms with Gasteiger partial charge in [0.05, 0.1) is 5.56 Å². The third-order valence-electron chi connectivity index (χ3n) is 4.29. The molecule has 3 rings (SSSR count). The molecule has 26 heavy (non-hydrogen) atoms. The summed E-state index contributed by atoms with van der Waals surface area (Å²) in [5.41, 5.74) is 0.753. The third-order valence-corrected chi connectivity index (χ3v) is 4.84. The smallest absolute Gasteiger partial charge is 0.335 e. The molecule has 2 heterocycles. The average Bonchev–Trinajstić information content (AvgIpc) is 3.11. The Hall–Kier alpha value is -3.00. The molecular weight excluding hydrogens is 356 g/mol. The van der Waals surface area contributed by atoms with E-state index in [-0.39, 0.29) is 28.9 Å². The summed E-state index contributed by atoms with van der Waals surface area (Å²) in [5, 5.41) is 9.25. The molecule has 1 aliphatic rings. The number of hydrogen-bond donors (Lipinski definition) is 1. The molecule has 1 aromatic carbocycles. The van der Waals surface area contributed by atoms with Gasteiger partial charge in [0, 0.05) is 26.1 Å². The molecule has 2 amide bonds. The molecule has 1 N–H and O–H groups in total. The number of carboxylic acid groups (broad SMARTS) is 1. The van der Waals surface area contributed by atoms with Crippen molar-refractivity contribution in [1.29, 1.82) is 0 Å². The Bertz CT molecular complexity index is 896. The number of benzene rings is 1. The summed E-state index contributed by atoms with van der Waals surface area (Å²) in [4.78, 5) is 38.4. The summed E-state index contributed by atoms with van der Waals surface area (Å²) in [6, 6.07) is 9.71. The minimum absolute atomic E-state index is 0.105. The maximum Gasteiger partial charge on any atom is 0.335 e. The second-order valence-corrected chi connectivity index (χ2v) is 6.35. The van der Waals surface area contributed by atoms with Crippen molar-refractivity contribution in [2.45, 2.75) is 6.42 Å². The molecule has 0 bridgehead atoms. The number of carboxylic acids is 1. The van der Waals surface area contributed by atoms with Crippen LogP contribution < -0.4 is 0 Å². The van der Waals surface area contributed by atoms with Crippen LogP contribution in [0.5, 0.6) is 0 Å². The Morgan fingerprint density at radius 1 is 1.15 bits per heavy atom. The van der Waals surface area contributed by atoms with Crippen LogP contribution in [0.15, 0.2) is 40.8 Å². The van der Waals surface area contributed by atoms with Gasteiger partial charge in [0.25, 0.3) is 0 Å². The highest BCUT2D eigenvalue weighted by atomic mass is 32.1. The van der Waals surface area contributed by atoms with Crippen molar-refractivity contribution in [3.63, 3.8) is 0 Å². The molecule has 134 valence electrons. The quantitative estimate of drug-likeness (QED) is 0.652. The molecule has 2 aromatic rings. The molecule has 1 saturated heterocycles. The van der Waals surface area contributed by atoms with Gasteiger partial charge in [-0.3, -0.25) is 19.4 Å². The van der Waals surface area contributed by atoms with Gasteiger partial charge in [-0.05, 0) is 36.5 Å². The molecule has 1 aliphatic heterocycles. The normalized spacial score (nSPS) is 15.7. The topological polar surface area (TPSA) is 91.1 Å². The predicted octanol–water partition coefficient (Wildman–Crippen LogP) is 2.02. The lowest BCUT2D eigenvalue weighted by Gasteiger charge is -2.35. The number of carbonyl (C=O) groups excluding carboxylic acids is 2. The maximum absolute atomic E-state index is 12.4. The standard InChI is InChI=1S/C18H16N2O5S/c1-19-15(21)13(16(22)20(2)18(19)26)9-12-6-7-14(25-12)10-4-3-5-11(8-10)17(23)24/h3-8,13H,9H2,1-2H3,(H,23,24). The van der Waals surface area contributed by atoms with E-state index in [1.54, 1.807) is 24.3 Å². The number of thiocarbonyl (C=S) groups is 1. The summed E-state index contributed by atoms with van der Waals surface area (Å²) < 4.78 is 5.73. The lowest BCUT2D eigenvalue weighted by atomic mass is 9.99. The number of amides is 2. The fourth-order valence-electron chi connectivity index (χ4n) is 2.81. The molecule has 1 aromatic heterocycles. The van der Waals surface area contributed by atoms with Gasteiger partial charge in [-0.25, -0.2) is 4.79 Å². The van der Waals surface area contributed by atoms with Crippen LogP contribution in [-0.4, -0.2) is 51.9 Å². The van der Waals surface area contributed by atoms with E-state index in [0.717, 1.165) is 0 Å². The number of nitrogens with zero attached hydrogens (tertiary/aromatic N) is 2. The van der Waals surface area contributed by atoms with Gasteiger partial charge in [-0.2, -0.15) is 0 Å². The van der Waals surface area contributed by atoms with E-state index in [1.165, 1.54) is 36.0 Å². The second kappa shape index (κ2) is 6.72. The van der Waals surface area contributed by atoms with E-state index < -0.39 is 11.9 Å². The van der Waals surface area contributed by atoms with Crippen LogP contribution in [0.4, 0.5) is 0 Å². The monoisotopic (exact) mass is 372 g/mol. The van der Waals surface area contributed by atoms with Crippen molar-refractivity contribution in [3.05, 3.63) is 47.7 Å². The van der Waals surface area contributed by atoms with E-state index in [0.29, 0.717) is 17.1 Å². The van der Waals surface area contributed by atoms with Gasteiger partial charge < -0.3 is 9.52 Å². The highest BCUT2D eigenvalue weighted by molar-refractivity contribution is 7.80. The van der Waals surface area contributed by atoms with Crippen LogP contribution in [0, 0.1) is 5.92 Å². The summed E-state index contributed by atoms with van der Waals surface area (Å²) in [7, 11) is 3.07. The zero-order valence-electron chi connectivity index (χ0n) is 14.1. The molecule has 0 atom stereocenters. The molecule has 0 saturated carbocycles. The molecule has 1 fully saturated rings. The van der Waals surface area contributed by atoms with Crippen molar-refractivity contribution in [2.24, 2.45) is 5.92 Å². The van der Waals surface area contributed by atoms with Gasteiger partial charge in [0.1, 0.15) is 17.4 Å². The molecule has 7 nitrogen and oxygen atoms in total. The van der Waals surface area contributed by atoms with Crippen molar-refractivity contribution >= 4 is 35.1 Å². The molecule has 0 unspecified atom stereocenters. The van der Waals surface area contributed by atoms with E-state index >= 15 is 0 Å². The van der Waals surface area contributed by atoms with E-state index in [4.69, 9.17) is 21.7 Å². The summed E-state index contributed by atoms with van der Waals surface area (Å²) in [5.74, 6) is -1.74. The van der Waals surface area contributed by atoms with Crippen LogP contribution in [0.25, 0.3) is 11.3 Å². The number of rotatable bonds is 4. The first kappa shape index (κ1) is 17.8. The van der Waals surface area contributed by atoms with Crippen molar-refractivity contribution in [3.8, 4) is 11.3 Å². The Morgan fingerprint density at radius 3 is 2.42 bits per heavy atom. The van der Waals surface area contributed by atoms with Crippen LogP contribution in [0.1, 0.15) is 16.1 Å². The SMILES string of the molecule is CN1C(=O)C(Cc2ccc(-c3cccc(C(=O)O)c3)o2)C(=O)N(C)C1=S. The van der Waals surface area contributed by atoms with Crippen LogP contribution >= 0.6 is 12.2 Å². The number of carbonyl (C=O) groups is 3. The molecule has 0 spiro atoms. The third kappa shape index (κ3) is 3.11. The first-order valence-electron chi connectivity index (χ1n) is 7.81. The van der Waals surface area contributed by atoms with Gasteiger partial charge in [-0.15, -0.1) is 0 Å². The number of furan rings is 1. The zero-order chi connectivity index (χ0) is 19.0. The second-order valence-electron chi connectivity index (χ2n) is 5.99. The Kier molecular flexibility index (Phi) is 4.60. The van der Waals surface area contributed by atoms with Crippen LogP contribution in [-0.2, 0) is 16.0 Å². The first-order chi connectivity index (χ1) is 12.3. The number of hydrogen-bond acceptors (Lipinski definition) is 5. The average molecular weight is 372 g/mol. The zero-order valence-corrected chi connectivity index (χ0v) is 14.9. The highest BCUT2D eigenvalue weighted by Gasteiger charge is 2.40.